The van der Waals surface area contributed by atoms with E-state index in [1.165, 1.54) is 238 Å². The number of aliphatic hydroxyl groups is 2. The molecule has 1 amide bonds. The van der Waals surface area contributed by atoms with Crippen molar-refractivity contribution in [3.05, 3.63) is 48.6 Å². The van der Waals surface area contributed by atoms with Crippen LogP contribution in [0.3, 0.4) is 0 Å². The molecule has 3 N–H and O–H groups in total. The molecule has 2 unspecified atom stereocenters. The third kappa shape index (κ3) is 57.0. The van der Waals surface area contributed by atoms with Gasteiger partial charge in [-0.15, -0.1) is 0 Å². The van der Waals surface area contributed by atoms with Crippen molar-refractivity contribution < 1.29 is 24.5 Å². The highest BCUT2D eigenvalue weighted by molar-refractivity contribution is 5.76. The maximum atomic E-state index is 12.5. The van der Waals surface area contributed by atoms with Crippen molar-refractivity contribution in [2.45, 2.75) is 341 Å². The number of hydrogen-bond donors (Lipinski definition) is 3. The predicted octanol–water partition coefficient (Wildman–Crippen LogP) is 19.7. The lowest BCUT2D eigenvalue weighted by molar-refractivity contribution is -0.143. The summed E-state index contributed by atoms with van der Waals surface area (Å²) in [4.78, 5) is 24.5. The molecular formula is C65H121NO5. The van der Waals surface area contributed by atoms with Gasteiger partial charge < -0.3 is 20.3 Å². The molecule has 416 valence electrons. The van der Waals surface area contributed by atoms with Crippen molar-refractivity contribution in [3.8, 4) is 0 Å². The van der Waals surface area contributed by atoms with Crippen molar-refractivity contribution in [2.75, 3.05) is 13.2 Å². The van der Waals surface area contributed by atoms with Crippen molar-refractivity contribution in [1.82, 2.24) is 5.32 Å². The van der Waals surface area contributed by atoms with Gasteiger partial charge in [0.1, 0.15) is 0 Å². The zero-order valence-corrected chi connectivity index (χ0v) is 47.5. The van der Waals surface area contributed by atoms with Crippen LogP contribution in [0.15, 0.2) is 48.6 Å². The number of esters is 1. The Balaban J connectivity index is 3.46. The van der Waals surface area contributed by atoms with E-state index >= 15 is 0 Å². The zero-order chi connectivity index (χ0) is 51.4. The Morgan fingerprint density at radius 1 is 0.394 bits per heavy atom. The molecule has 0 fully saturated rings. The van der Waals surface area contributed by atoms with E-state index in [1.54, 1.807) is 0 Å². The number of ether oxygens (including phenoxy) is 1. The van der Waals surface area contributed by atoms with Crippen LogP contribution >= 0.6 is 0 Å². The van der Waals surface area contributed by atoms with E-state index in [-0.39, 0.29) is 18.5 Å². The lowest BCUT2D eigenvalue weighted by Crippen LogP contribution is -2.45. The van der Waals surface area contributed by atoms with Gasteiger partial charge in [-0.3, -0.25) is 9.59 Å². The number of carbonyl (C=O) groups is 2. The molecule has 0 aliphatic rings. The van der Waals surface area contributed by atoms with E-state index in [1.807, 2.05) is 0 Å². The van der Waals surface area contributed by atoms with Gasteiger partial charge in [-0.25, -0.2) is 0 Å². The Morgan fingerprint density at radius 3 is 1.10 bits per heavy atom. The summed E-state index contributed by atoms with van der Waals surface area (Å²) in [5.41, 5.74) is 0. The third-order valence-electron chi connectivity index (χ3n) is 14.4. The number of amides is 1. The SMILES string of the molecule is CCCCC/C=C\C/C=C\CCCCCCCCCC(=O)OCC/C=C\C/C=C\CCCCCCCCCCCCCCCCC(=O)NC(CO)C(O)CCCCCCCCCCCCCCCCCC. The second-order valence-electron chi connectivity index (χ2n) is 21.4. The van der Waals surface area contributed by atoms with Crippen LogP contribution in [0.1, 0.15) is 328 Å². The largest absolute Gasteiger partial charge is 0.465 e. The van der Waals surface area contributed by atoms with Gasteiger partial charge in [0.2, 0.25) is 5.91 Å². The molecule has 0 aliphatic heterocycles. The second kappa shape index (κ2) is 60.4. The molecule has 0 spiro atoms. The second-order valence-corrected chi connectivity index (χ2v) is 21.4. The maximum absolute atomic E-state index is 12.5. The summed E-state index contributed by atoms with van der Waals surface area (Å²) >= 11 is 0. The minimum Gasteiger partial charge on any atom is -0.465 e. The first-order chi connectivity index (χ1) is 35.0. The highest BCUT2D eigenvalue weighted by Gasteiger charge is 2.20. The van der Waals surface area contributed by atoms with Gasteiger partial charge in [0.25, 0.3) is 0 Å². The van der Waals surface area contributed by atoms with Crippen LogP contribution in [0.5, 0.6) is 0 Å². The summed E-state index contributed by atoms with van der Waals surface area (Å²) < 4.78 is 5.42. The third-order valence-corrected chi connectivity index (χ3v) is 14.4. The Bertz CT molecular complexity index is 1190. The van der Waals surface area contributed by atoms with E-state index in [9.17, 15) is 19.8 Å². The standard InChI is InChI=1S/C65H121NO5/c1-3-5-7-9-11-13-15-17-19-26-31-35-39-43-47-51-55-59-65(70)71-60-56-52-48-44-40-36-32-28-25-23-21-22-24-27-30-34-38-42-46-50-54-58-64(69)66-62(61-67)63(68)57-53-49-45-41-37-33-29-20-18-16-14-12-10-8-6-4-2/h11,13,17,19,36,40,48,52,62-63,67-68H,3-10,12,14-16,18,20-35,37-39,41-47,49-51,53-61H2,1-2H3,(H,66,69)/b13-11-,19-17-,40-36-,52-48-. The molecule has 2 atom stereocenters. The van der Waals surface area contributed by atoms with Crippen LogP contribution in [-0.2, 0) is 14.3 Å². The Kier molecular flexibility index (Phi) is 58.5. The van der Waals surface area contributed by atoms with E-state index in [0.29, 0.717) is 25.9 Å². The van der Waals surface area contributed by atoms with Crippen LogP contribution in [0.2, 0.25) is 0 Å². The van der Waals surface area contributed by atoms with Crippen molar-refractivity contribution in [2.24, 2.45) is 0 Å². The molecule has 0 saturated carbocycles. The molecule has 0 heterocycles. The summed E-state index contributed by atoms with van der Waals surface area (Å²) in [6, 6.07) is -0.546. The first kappa shape index (κ1) is 68.8. The summed E-state index contributed by atoms with van der Waals surface area (Å²) in [6.07, 6.45) is 77.0. The van der Waals surface area contributed by atoms with Crippen LogP contribution < -0.4 is 5.32 Å². The fraction of sp³-hybridized carbons (Fsp3) is 0.846. The number of allylic oxidation sites excluding steroid dienone is 7. The first-order valence-corrected chi connectivity index (χ1v) is 31.4. The molecular weight excluding hydrogens is 875 g/mol. The van der Waals surface area contributed by atoms with E-state index in [0.717, 1.165) is 57.8 Å². The molecule has 0 aromatic heterocycles. The molecule has 0 aromatic carbocycles. The van der Waals surface area contributed by atoms with Gasteiger partial charge in [-0.05, 0) is 77.0 Å². The molecule has 0 aromatic rings. The number of aliphatic hydroxyl groups excluding tert-OH is 2. The topological polar surface area (TPSA) is 95.9 Å². The number of hydrogen-bond acceptors (Lipinski definition) is 5. The van der Waals surface area contributed by atoms with E-state index in [4.69, 9.17) is 4.74 Å². The molecule has 71 heavy (non-hydrogen) atoms. The average Bonchev–Trinajstić information content (AvgIpc) is 3.37. The van der Waals surface area contributed by atoms with Crippen LogP contribution in [0.4, 0.5) is 0 Å². The molecule has 0 bridgehead atoms. The molecule has 0 rings (SSSR count). The van der Waals surface area contributed by atoms with Crippen molar-refractivity contribution in [1.29, 1.82) is 0 Å². The van der Waals surface area contributed by atoms with E-state index in [2.05, 4.69) is 67.8 Å². The minimum absolute atomic E-state index is 0.0386. The molecule has 0 saturated heterocycles. The Morgan fingerprint density at radius 2 is 0.704 bits per heavy atom. The van der Waals surface area contributed by atoms with Crippen molar-refractivity contribution >= 4 is 11.9 Å². The number of rotatable bonds is 58. The number of unbranched alkanes of at least 4 members (excludes halogenated alkanes) is 39. The minimum atomic E-state index is -0.669. The lowest BCUT2D eigenvalue weighted by Gasteiger charge is -2.22. The molecule has 6 heteroatoms. The van der Waals surface area contributed by atoms with Crippen LogP contribution in [-0.4, -0.2) is 47.4 Å². The fourth-order valence-electron chi connectivity index (χ4n) is 9.57. The summed E-state index contributed by atoms with van der Waals surface area (Å²) in [6.45, 7) is 4.83. The van der Waals surface area contributed by atoms with Gasteiger partial charge in [0, 0.05) is 12.8 Å². The quantitative estimate of drug-likeness (QED) is 0.0321. The lowest BCUT2D eigenvalue weighted by atomic mass is 10.0. The van der Waals surface area contributed by atoms with E-state index < -0.39 is 12.1 Å². The Labute approximate surface area is 442 Å². The normalized spacial score (nSPS) is 12.9. The molecule has 6 nitrogen and oxygen atoms in total. The smallest absolute Gasteiger partial charge is 0.305 e. The summed E-state index contributed by atoms with van der Waals surface area (Å²) in [5.74, 6) is -0.0816. The Hall–Kier alpha value is -2.18. The number of carbonyl (C=O) groups excluding carboxylic acids is 2. The average molecular weight is 997 g/mol. The van der Waals surface area contributed by atoms with Crippen molar-refractivity contribution in [3.63, 3.8) is 0 Å². The molecule has 0 radical (unpaired) electrons. The summed E-state index contributed by atoms with van der Waals surface area (Å²) in [5, 5.41) is 23.3. The van der Waals surface area contributed by atoms with Crippen LogP contribution in [0.25, 0.3) is 0 Å². The molecule has 0 aliphatic carbocycles. The van der Waals surface area contributed by atoms with Gasteiger partial charge in [-0.1, -0.05) is 287 Å². The monoisotopic (exact) mass is 996 g/mol. The maximum Gasteiger partial charge on any atom is 0.305 e. The predicted molar refractivity (Wildman–Crippen MR) is 310 cm³/mol. The first-order valence-electron chi connectivity index (χ1n) is 31.4. The highest BCUT2D eigenvalue weighted by atomic mass is 16.5. The highest BCUT2D eigenvalue weighted by Crippen LogP contribution is 2.17. The van der Waals surface area contributed by atoms with Gasteiger partial charge in [0.15, 0.2) is 0 Å². The van der Waals surface area contributed by atoms with Gasteiger partial charge in [-0.2, -0.15) is 0 Å². The zero-order valence-electron chi connectivity index (χ0n) is 47.5. The van der Waals surface area contributed by atoms with Crippen LogP contribution in [0, 0.1) is 0 Å². The summed E-state index contributed by atoms with van der Waals surface area (Å²) in [7, 11) is 0. The van der Waals surface area contributed by atoms with Gasteiger partial charge in [0.05, 0.1) is 25.4 Å². The number of nitrogens with one attached hydrogen (secondary N) is 1. The fourth-order valence-corrected chi connectivity index (χ4v) is 9.57. The van der Waals surface area contributed by atoms with Gasteiger partial charge >= 0.3 is 5.97 Å².